The van der Waals surface area contributed by atoms with Crippen molar-refractivity contribution in [3.8, 4) is 0 Å². The smallest absolute Gasteiger partial charge is 0.279 e. The first-order valence-electron chi connectivity index (χ1n) is 6.16. The molecule has 2 heterocycles. The number of hydrogen-bond acceptors (Lipinski definition) is 3. The van der Waals surface area contributed by atoms with E-state index in [4.69, 9.17) is 0 Å². The summed E-state index contributed by atoms with van der Waals surface area (Å²) in [4.78, 5) is 0. The fraction of sp³-hybridized carbons (Fsp3) is 1.00. The molecule has 2 N–H and O–H groups in total. The zero-order valence-corrected chi connectivity index (χ0v) is 10.4. The van der Waals surface area contributed by atoms with Crippen LogP contribution in [0.25, 0.3) is 0 Å². The Bertz CT molecular complexity index is 306. The van der Waals surface area contributed by atoms with Gasteiger partial charge in [0.2, 0.25) is 0 Å². The molecule has 0 aromatic heterocycles. The van der Waals surface area contributed by atoms with Crippen LogP contribution in [0, 0.1) is 0 Å². The van der Waals surface area contributed by atoms with E-state index in [2.05, 4.69) is 10.0 Å². The predicted octanol–water partition coefficient (Wildman–Crippen LogP) is 0.0587. The van der Waals surface area contributed by atoms with Gasteiger partial charge in [0.1, 0.15) is 0 Å². The molecule has 1 atom stereocenters. The average molecular weight is 247 g/mol. The fourth-order valence-corrected chi connectivity index (χ4v) is 3.85. The molecule has 0 aliphatic carbocycles. The average Bonchev–Trinajstić information content (AvgIpc) is 2.31. The zero-order chi connectivity index (χ0) is 11.4. The van der Waals surface area contributed by atoms with Crippen LogP contribution in [-0.2, 0) is 10.2 Å². The van der Waals surface area contributed by atoms with Gasteiger partial charge in [-0.3, -0.25) is 0 Å². The molecule has 0 aromatic rings. The summed E-state index contributed by atoms with van der Waals surface area (Å²) in [6, 6.07) is 0.0701. The van der Waals surface area contributed by atoms with Crippen molar-refractivity contribution >= 4 is 10.2 Å². The van der Waals surface area contributed by atoms with Crippen LogP contribution in [0.4, 0.5) is 0 Å². The highest BCUT2D eigenvalue weighted by Crippen LogP contribution is 2.13. The third-order valence-corrected chi connectivity index (χ3v) is 4.94. The number of nitrogens with one attached hydrogen (secondary N) is 2. The number of hydrogen-bond donors (Lipinski definition) is 2. The number of nitrogens with zero attached hydrogens (tertiary/aromatic N) is 1. The third kappa shape index (κ3) is 3.16. The summed E-state index contributed by atoms with van der Waals surface area (Å²) < 4.78 is 28.5. The van der Waals surface area contributed by atoms with Gasteiger partial charge in [-0.05, 0) is 32.2 Å². The number of piperidine rings is 2. The maximum absolute atomic E-state index is 12.0. The van der Waals surface area contributed by atoms with Crippen molar-refractivity contribution in [1.29, 1.82) is 0 Å². The molecule has 0 amide bonds. The molecule has 2 rings (SSSR count). The van der Waals surface area contributed by atoms with Crippen LogP contribution < -0.4 is 10.0 Å². The van der Waals surface area contributed by atoms with Gasteiger partial charge in [0.25, 0.3) is 10.2 Å². The van der Waals surface area contributed by atoms with Crippen molar-refractivity contribution in [2.45, 2.75) is 38.1 Å². The van der Waals surface area contributed by atoms with Gasteiger partial charge in [0.05, 0.1) is 0 Å². The summed E-state index contributed by atoms with van der Waals surface area (Å²) in [7, 11) is -3.24. The van der Waals surface area contributed by atoms with Crippen LogP contribution in [0.2, 0.25) is 0 Å². The van der Waals surface area contributed by atoms with Crippen LogP contribution in [-0.4, -0.2) is 44.9 Å². The van der Waals surface area contributed by atoms with Gasteiger partial charge in [-0.2, -0.15) is 17.4 Å². The van der Waals surface area contributed by atoms with E-state index < -0.39 is 10.2 Å². The zero-order valence-electron chi connectivity index (χ0n) is 9.61. The van der Waals surface area contributed by atoms with Gasteiger partial charge < -0.3 is 5.32 Å². The van der Waals surface area contributed by atoms with Crippen LogP contribution in [0.1, 0.15) is 32.1 Å². The molecule has 0 saturated carbocycles. The molecule has 94 valence electrons. The first kappa shape index (κ1) is 12.3. The minimum atomic E-state index is -3.24. The molecular weight excluding hydrogens is 226 g/mol. The van der Waals surface area contributed by atoms with Crippen molar-refractivity contribution in [3.05, 3.63) is 0 Å². The van der Waals surface area contributed by atoms with Crippen molar-refractivity contribution in [2.75, 3.05) is 26.2 Å². The topological polar surface area (TPSA) is 61.4 Å². The van der Waals surface area contributed by atoms with Gasteiger partial charge in [0.15, 0.2) is 0 Å². The highest BCUT2D eigenvalue weighted by atomic mass is 32.2. The van der Waals surface area contributed by atoms with Crippen molar-refractivity contribution < 1.29 is 8.42 Å². The molecule has 2 aliphatic rings. The second-order valence-corrected chi connectivity index (χ2v) is 6.33. The second kappa shape index (κ2) is 5.44. The minimum Gasteiger partial charge on any atom is -0.315 e. The number of rotatable bonds is 3. The Morgan fingerprint density at radius 1 is 1.12 bits per heavy atom. The predicted molar refractivity (Wildman–Crippen MR) is 63.4 cm³/mol. The Morgan fingerprint density at radius 3 is 2.50 bits per heavy atom. The van der Waals surface area contributed by atoms with E-state index in [0.717, 1.165) is 45.2 Å². The first-order valence-corrected chi connectivity index (χ1v) is 7.60. The molecule has 2 aliphatic heterocycles. The van der Waals surface area contributed by atoms with Crippen molar-refractivity contribution in [1.82, 2.24) is 14.3 Å². The normalized spacial score (nSPS) is 29.1. The van der Waals surface area contributed by atoms with E-state index >= 15 is 0 Å². The lowest BCUT2D eigenvalue weighted by molar-refractivity contribution is 0.332. The Balaban J connectivity index is 1.90. The summed E-state index contributed by atoms with van der Waals surface area (Å²) >= 11 is 0. The molecule has 0 unspecified atom stereocenters. The van der Waals surface area contributed by atoms with E-state index in [-0.39, 0.29) is 6.04 Å². The molecule has 16 heavy (non-hydrogen) atoms. The van der Waals surface area contributed by atoms with Crippen molar-refractivity contribution in [3.63, 3.8) is 0 Å². The molecule has 2 fully saturated rings. The largest absolute Gasteiger partial charge is 0.315 e. The maximum atomic E-state index is 12.0. The van der Waals surface area contributed by atoms with E-state index in [1.807, 2.05) is 0 Å². The van der Waals surface area contributed by atoms with E-state index in [9.17, 15) is 8.42 Å². The maximum Gasteiger partial charge on any atom is 0.279 e. The summed E-state index contributed by atoms with van der Waals surface area (Å²) in [6.45, 7) is 3.11. The minimum absolute atomic E-state index is 0.0701. The monoisotopic (exact) mass is 247 g/mol. The second-order valence-electron chi connectivity index (χ2n) is 4.63. The molecule has 5 nitrogen and oxygen atoms in total. The molecule has 2 saturated heterocycles. The van der Waals surface area contributed by atoms with Gasteiger partial charge in [-0.1, -0.05) is 6.42 Å². The highest BCUT2D eigenvalue weighted by molar-refractivity contribution is 7.87. The lowest BCUT2D eigenvalue weighted by Crippen LogP contribution is -2.51. The SMILES string of the molecule is O=S(=O)(N[C@@H]1CCCNC1)N1CCCCC1. The fourth-order valence-electron chi connectivity index (χ4n) is 2.34. The quantitative estimate of drug-likeness (QED) is 0.741. The lowest BCUT2D eigenvalue weighted by Gasteiger charge is -2.30. The molecular formula is C10H21N3O2S. The lowest BCUT2D eigenvalue weighted by atomic mass is 10.1. The molecule has 0 bridgehead atoms. The van der Waals surface area contributed by atoms with Crippen LogP contribution in [0.15, 0.2) is 0 Å². The van der Waals surface area contributed by atoms with E-state index in [1.54, 1.807) is 4.31 Å². The molecule has 0 spiro atoms. The van der Waals surface area contributed by atoms with Crippen LogP contribution >= 0.6 is 0 Å². The third-order valence-electron chi connectivity index (χ3n) is 3.27. The summed E-state index contributed by atoms with van der Waals surface area (Å²) in [5.74, 6) is 0. The Morgan fingerprint density at radius 2 is 1.88 bits per heavy atom. The summed E-state index contributed by atoms with van der Waals surface area (Å²) in [6.07, 6.45) is 5.12. The van der Waals surface area contributed by atoms with Crippen LogP contribution in [0.3, 0.4) is 0 Å². The Labute approximate surface area is 97.8 Å². The van der Waals surface area contributed by atoms with E-state index in [0.29, 0.717) is 13.1 Å². The van der Waals surface area contributed by atoms with Crippen molar-refractivity contribution in [2.24, 2.45) is 0 Å². The Kier molecular flexibility index (Phi) is 4.18. The molecule has 0 radical (unpaired) electrons. The highest BCUT2D eigenvalue weighted by Gasteiger charge is 2.27. The standard InChI is InChI=1S/C10H21N3O2S/c14-16(15,13-7-2-1-3-8-13)12-10-5-4-6-11-9-10/h10-12H,1-9H2/t10-/m1/s1. The Hall–Kier alpha value is -0.170. The van der Waals surface area contributed by atoms with Crippen LogP contribution in [0.5, 0.6) is 0 Å². The summed E-state index contributed by atoms with van der Waals surface area (Å²) in [5.41, 5.74) is 0. The van der Waals surface area contributed by atoms with Gasteiger partial charge in [-0.15, -0.1) is 0 Å². The van der Waals surface area contributed by atoms with E-state index in [1.165, 1.54) is 0 Å². The van der Waals surface area contributed by atoms with Gasteiger partial charge >= 0.3 is 0 Å². The molecule has 6 heteroatoms. The van der Waals surface area contributed by atoms with Gasteiger partial charge in [0, 0.05) is 25.7 Å². The molecule has 0 aromatic carbocycles. The first-order chi connectivity index (χ1) is 7.68. The summed E-state index contributed by atoms with van der Waals surface area (Å²) in [5, 5.41) is 3.21. The van der Waals surface area contributed by atoms with Gasteiger partial charge in [-0.25, -0.2) is 0 Å².